The molecule has 7 heteroatoms. The average molecular weight is 358 g/mol. The zero-order valence-corrected chi connectivity index (χ0v) is 15.1. The Morgan fingerprint density at radius 1 is 1.08 bits per heavy atom. The van der Waals surface area contributed by atoms with Gasteiger partial charge in [0.25, 0.3) is 0 Å². The fourth-order valence-corrected chi connectivity index (χ4v) is 4.44. The van der Waals surface area contributed by atoms with Crippen molar-refractivity contribution in [2.45, 2.75) is 0 Å². The van der Waals surface area contributed by atoms with Crippen LogP contribution in [0, 0.1) is 0 Å². The third kappa shape index (κ3) is 3.02. The van der Waals surface area contributed by atoms with Crippen LogP contribution in [0.2, 0.25) is 0 Å². The minimum Gasteiger partial charge on any atom is -0.375 e. The lowest BCUT2D eigenvalue weighted by atomic mass is 10.1. The second-order valence-electron chi connectivity index (χ2n) is 5.90. The van der Waals surface area contributed by atoms with E-state index in [0.717, 1.165) is 47.3 Å². The van der Waals surface area contributed by atoms with Gasteiger partial charge in [0.2, 0.25) is 0 Å². The molecule has 1 aromatic carbocycles. The summed E-state index contributed by atoms with van der Waals surface area (Å²) in [6.07, 6.45) is 1.80. The lowest BCUT2D eigenvalue weighted by molar-refractivity contribution is 0.313. The van der Waals surface area contributed by atoms with E-state index in [4.69, 9.17) is 5.73 Å². The summed E-state index contributed by atoms with van der Waals surface area (Å²) in [5.74, 6) is 0. The molecule has 5 nitrogen and oxygen atoms in total. The molecule has 2 aromatic heterocycles. The third-order valence-corrected chi connectivity index (χ3v) is 5.99. The molecule has 2 N–H and O–H groups in total. The summed E-state index contributed by atoms with van der Waals surface area (Å²) in [5, 5.41) is 3.46. The van der Waals surface area contributed by atoms with E-state index in [1.54, 1.807) is 17.5 Å². The molecule has 0 unspecified atom stereocenters. The van der Waals surface area contributed by atoms with E-state index in [0.29, 0.717) is 5.13 Å². The molecule has 0 aliphatic carbocycles. The van der Waals surface area contributed by atoms with Gasteiger partial charge in [0.1, 0.15) is 10.7 Å². The quantitative estimate of drug-likeness (QED) is 0.780. The largest absolute Gasteiger partial charge is 0.375 e. The Balaban J connectivity index is 1.62. The molecule has 0 saturated carbocycles. The summed E-state index contributed by atoms with van der Waals surface area (Å²) >= 11 is 3.11. The predicted octanol–water partition coefficient (Wildman–Crippen LogP) is 3.27. The normalized spacial score (nSPS) is 15.8. The molecule has 1 aliphatic rings. The lowest BCUT2D eigenvalue weighted by Crippen LogP contribution is -2.44. The minimum atomic E-state index is 0.582. The zero-order chi connectivity index (χ0) is 16.5. The number of thiazole rings is 2. The van der Waals surface area contributed by atoms with Crippen molar-refractivity contribution >= 4 is 33.5 Å². The number of benzene rings is 1. The lowest BCUT2D eigenvalue weighted by Gasteiger charge is -2.34. The number of nitrogens with two attached hydrogens (primary N) is 1. The first kappa shape index (κ1) is 15.6. The smallest absolute Gasteiger partial charge is 0.181 e. The van der Waals surface area contributed by atoms with Crippen LogP contribution in [-0.4, -0.2) is 48.1 Å². The van der Waals surface area contributed by atoms with Crippen LogP contribution >= 0.6 is 22.7 Å². The number of nitrogen functional groups attached to an aromatic ring is 1. The van der Waals surface area contributed by atoms with Crippen LogP contribution in [-0.2, 0) is 0 Å². The Hall–Kier alpha value is -1.96. The second-order valence-corrected chi connectivity index (χ2v) is 7.83. The Labute approximate surface area is 149 Å². The van der Waals surface area contributed by atoms with Crippen molar-refractivity contribution in [2.24, 2.45) is 0 Å². The molecule has 0 amide bonds. The highest BCUT2D eigenvalue weighted by Gasteiger charge is 2.17. The summed E-state index contributed by atoms with van der Waals surface area (Å²) in [5.41, 5.74) is 9.27. The van der Waals surface area contributed by atoms with Crippen LogP contribution in [0.3, 0.4) is 0 Å². The summed E-state index contributed by atoms with van der Waals surface area (Å²) in [6, 6.07) is 8.72. The van der Waals surface area contributed by atoms with Gasteiger partial charge in [-0.1, -0.05) is 23.5 Å². The van der Waals surface area contributed by atoms with E-state index in [9.17, 15) is 0 Å². The van der Waals surface area contributed by atoms with Crippen LogP contribution in [0.4, 0.5) is 10.8 Å². The van der Waals surface area contributed by atoms with Gasteiger partial charge in [0.15, 0.2) is 5.13 Å². The van der Waals surface area contributed by atoms with Crippen molar-refractivity contribution in [1.29, 1.82) is 0 Å². The molecule has 0 bridgehead atoms. The van der Waals surface area contributed by atoms with Gasteiger partial charge in [0.05, 0.1) is 4.88 Å². The summed E-state index contributed by atoms with van der Waals surface area (Å²) in [7, 11) is 2.18. The molecule has 1 saturated heterocycles. The number of hydrogen-bond donors (Lipinski definition) is 1. The molecule has 3 aromatic rings. The number of anilines is 2. The van der Waals surface area contributed by atoms with Crippen molar-refractivity contribution in [3.63, 3.8) is 0 Å². The highest BCUT2D eigenvalue weighted by Crippen LogP contribution is 2.39. The van der Waals surface area contributed by atoms with Gasteiger partial charge in [0, 0.05) is 43.4 Å². The molecule has 0 spiro atoms. The van der Waals surface area contributed by atoms with E-state index >= 15 is 0 Å². The van der Waals surface area contributed by atoms with Crippen LogP contribution in [0.5, 0.6) is 0 Å². The van der Waals surface area contributed by atoms with Crippen molar-refractivity contribution in [3.8, 4) is 21.1 Å². The minimum absolute atomic E-state index is 0.582. The summed E-state index contributed by atoms with van der Waals surface area (Å²) in [4.78, 5) is 14.8. The summed E-state index contributed by atoms with van der Waals surface area (Å²) in [6.45, 7) is 4.38. The number of aromatic nitrogens is 2. The number of rotatable bonds is 3. The van der Waals surface area contributed by atoms with Gasteiger partial charge in [-0.3, -0.25) is 0 Å². The molecule has 0 radical (unpaired) electrons. The van der Waals surface area contributed by atoms with Crippen molar-refractivity contribution in [2.75, 3.05) is 43.9 Å². The maximum atomic E-state index is 5.95. The predicted molar refractivity (Wildman–Crippen MR) is 103 cm³/mol. The monoisotopic (exact) mass is 357 g/mol. The van der Waals surface area contributed by atoms with Crippen molar-refractivity contribution in [1.82, 2.24) is 14.9 Å². The fraction of sp³-hybridized carbons (Fsp3) is 0.294. The van der Waals surface area contributed by atoms with Gasteiger partial charge in [-0.15, -0.1) is 11.3 Å². The highest BCUT2D eigenvalue weighted by atomic mass is 32.1. The van der Waals surface area contributed by atoms with E-state index in [1.165, 1.54) is 17.0 Å². The van der Waals surface area contributed by atoms with Gasteiger partial charge in [-0.2, -0.15) is 0 Å². The van der Waals surface area contributed by atoms with Crippen molar-refractivity contribution in [3.05, 3.63) is 35.8 Å². The maximum absolute atomic E-state index is 5.95. The molecular weight excluding hydrogens is 338 g/mol. The molecule has 0 atom stereocenters. The highest BCUT2D eigenvalue weighted by molar-refractivity contribution is 7.20. The maximum Gasteiger partial charge on any atom is 0.181 e. The van der Waals surface area contributed by atoms with Crippen LogP contribution in [0.15, 0.2) is 35.8 Å². The van der Waals surface area contributed by atoms with Crippen LogP contribution in [0.1, 0.15) is 0 Å². The SMILES string of the molecule is CN1CCN(c2ccc(-c3sc(N)nc3-c3nccs3)cc2)CC1. The van der Waals surface area contributed by atoms with E-state index in [-0.39, 0.29) is 0 Å². The molecule has 1 aliphatic heterocycles. The van der Waals surface area contributed by atoms with E-state index in [2.05, 4.69) is 51.1 Å². The first-order valence-electron chi connectivity index (χ1n) is 7.91. The van der Waals surface area contributed by atoms with Gasteiger partial charge in [-0.25, -0.2) is 9.97 Å². The van der Waals surface area contributed by atoms with Crippen LogP contribution < -0.4 is 10.6 Å². The van der Waals surface area contributed by atoms with Crippen molar-refractivity contribution < 1.29 is 0 Å². The third-order valence-electron chi connectivity index (χ3n) is 4.28. The zero-order valence-electron chi connectivity index (χ0n) is 13.5. The Morgan fingerprint density at radius 2 is 1.83 bits per heavy atom. The number of nitrogens with zero attached hydrogens (tertiary/aromatic N) is 4. The Kier molecular flexibility index (Phi) is 4.22. The van der Waals surface area contributed by atoms with Gasteiger partial charge < -0.3 is 15.5 Å². The molecule has 1 fully saturated rings. The first-order chi connectivity index (χ1) is 11.7. The standard InChI is InChI=1S/C17H19N5S2/c1-21-7-9-22(10-8-21)13-4-2-12(3-5-13)15-14(20-17(18)24-15)16-19-6-11-23-16/h2-6,11H,7-10H2,1H3,(H2,18,20). The number of piperazine rings is 1. The fourth-order valence-electron chi connectivity index (χ4n) is 2.91. The van der Waals surface area contributed by atoms with Gasteiger partial charge >= 0.3 is 0 Å². The second kappa shape index (κ2) is 6.51. The average Bonchev–Trinajstić information content (AvgIpc) is 3.25. The number of hydrogen-bond acceptors (Lipinski definition) is 7. The van der Waals surface area contributed by atoms with Crippen LogP contribution in [0.25, 0.3) is 21.1 Å². The molecule has 24 heavy (non-hydrogen) atoms. The topological polar surface area (TPSA) is 58.3 Å². The number of likely N-dealkylation sites (N-methyl/N-ethyl adjacent to an activating group) is 1. The Bertz CT molecular complexity index is 802. The molecule has 4 rings (SSSR count). The molecule has 124 valence electrons. The Morgan fingerprint density at radius 3 is 2.50 bits per heavy atom. The molecular formula is C17H19N5S2. The van der Waals surface area contributed by atoms with Gasteiger partial charge in [-0.05, 0) is 24.7 Å². The first-order valence-corrected chi connectivity index (χ1v) is 9.60. The van der Waals surface area contributed by atoms with E-state index in [1.807, 2.05) is 5.38 Å². The summed E-state index contributed by atoms with van der Waals surface area (Å²) < 4.78 is 0. The molecule has 3 heterocycles. The van der Waals surface area contributed by atoms with E-state index < -0.39 is 0 Å².